The molecule has 2 atom stereocenters. The fourth-order valence-corrected chi connectivity index (χ4v) is 4.88. The molecular formula is C28H24N4O4. The fraction of sp³-hybridized carbons (Fsp3) is 0.179. The van der Waals surface area contributed by atoms with Crippen LogP contribution in [0.4, 0.5) is 5.95 Å². The van der Waals surface area contributed by atoms with E-state index in [9.17, 15) is 4.79 Å². The number of esters is 1. The van der Waals surface area contributed by atoms with Gasteiger partial charge in [0.25, 0.3) is 0 Å². The van der Waals surface area contributed by atoms with Gasteiger partial charge in [0.05, 0.1) is 25.5 Å². The van der Waals surface area contributed by atoms with E-state index in [0.717, 1.165) is 45.0 Å². The van der Waals surface area contributed by atoms with E-state index in [0.29, 0.717) is 11.5 Å². The van der Waals surface area contributed by atoms with Gasteiger partial charge in [-0.2, -0.15) is 10.1 Å². The molecule has 0 saturated carbocycles. The molecule has 0 radical (unpaired) electrons. The first-order valence-electron chi connectivity index (χ1n) is 11.6. The van der Waals surface area contributed by atoms with Gasteiger partial charge in [-0.1, -0.05) is 35.9 Å². The standard InChI is InChI=1S/C28H24N4O4/c1-16-4-13-22-21(14-16)24-23(26(36-22)18-5-7-19(8-6-18)27(33)35-3)25(32-28(31-24)29-15-30-32)17-9-11-20(34-2)12-10-17/h4-15,25-26H,1-3H3,(H,29,30,31)/t25-,26+/m1/s1. The quantitative estimate of drug-likeness (QED) is 0.414. The Balaban J connectivity index is 1.56. The van der Waals surface area contributed by atoms with Gasteiger partial charge >= 0.3 is 5.97 Å². The molecule has 0 bridgehead atoms. The molecule has 3 heterocycles. The molecule has 36 heavy (non-hydrogen) atoms. The van der Waals surface area contributed by atoms with Crippen LogP contribution in [-0.2, 0) is 4.74 Å². The summed E-state index contributed by atoms with van der Waals surface area (Å²) < 4.78 is 18.8. The average Bonchev–Trinajstić information content (AvgIpc) is 3.39. The molecule has 0 amide bonds. The van der Waals surface area contributed by atoms with Gasteiger partial charge in [0, 0.05) is 11.1 Å². The summed E-state index contributed by atoms with van der Waals surface area (Å²) in [5.41, 5.74) is 6.46. The van der Waals surface area contributed by atoms with E-state index >= 15 is 0 Å². The Morgan fingerprint density at radius 1 is 1.00 bits per heavy atom. The van der Waals surface area contributed by atoms with Crippen LogP contribution in [0, 0.1) is 6.92 Å². The molecule has 1 N–H and O–H groups in total. The van der Waals surface area contributed by atoms with Gasteiger partial charge in [-0.25, -0.2) is 9.48 Å². The second-order valence-corrected chi connectivity index (χ2v) is 8.77. The van der Waals surface area contributed by atoms with E-state index in [2.05, 4.69) is 28.4 Å². The summed E-state index contributed by atoms with van der Waals surface area (Å²) in [7, 11) is 3.03. The van der Waals surface area contributed by atoms with Gasteiger partial charge in [0.2, 0.25) is 5.95 Å². The summed E-state index contributed by atoms with van der Waals surface area (Å²) in [6.07, 6.45) is 1.12. The molecule has 0 unspecified atom stereocenters. The number of ether oxygens (including phenoxy) is 3. The van der Waals surface area contributed by atoms with Crippen molar-refractivity contribution in [3.63, 3.8) is 0 Å². The molecule has 1 aromatic heterocycles. The predicted molar refractivity (Wildman–Crippen MR) is 134 cm³/mol. The number of aryl methyl sites for hydroxylation is 1. The maximum absolute atomic E-state index is 12.0. The lowest BCUT2D eigenvalue weighted by Gasteiger charge is -2.39. The lowest BCUT2D eigenvalue weighted by atomic mass is 9.84. The van der Waals surface area contributed by atoms with Gasteiger partial charge in [0.15, 0.2) is 0 Å². The number of hydrogen-bond acceptors (Lipinski definition) is 7. The van der Waals surface area contributed by atoms with Crippen LogP contribution in [0.2, 0.25) is 0 Å². The molecule has 0 saturated heterocycles. The predicted octanol–water partition coefficient (Wildman–Crippen LogP) is 4.94. The van der Waals surface area contributed by atoms with E-state index < -0.39 is 6.10 Å². The van der Waals surface area contributed by atoms with Gasteiger partial charge in [-0.3, -0.25) is 0 Å². The van der Waals surface area contributed by atoms with Gasteiger partial charge < -0.3 is 19.5 Å². The largest absolute Gasteiger partial charge is 0.497 e. The minimum atomic E-state index is -0.432. The van der Waals surface area contributed by atoms with Crippen LogP contribution < -0.4 is 14.8 Å². The minimum absolute atomic E-state index is 0.274. The van der Waals surface area contributed by atoms with Crippen molar-refractivity contribution in [2.24, 2.45) is 0 Å². The second-order valence-electron chi connectivity index (χ2n) is 8.77. The molecule has 4 aromatic rings. The third-order valence-corrected chi connectivity index (χ3v) is 6.64. The zero-order valence-electron chi connectivity index (χ0n) is 20.1. The smallest absolute Gasteiger partial charge is 0.337 e. The fourth-order valence-electron chi connectivity index (χ4n) is 4.88. The maximum atomic E-state index is 12.0. The summed E-state index contributed by atoms with van der Waals surface area (Å²) in [6.45, 7) is 2.06. The topological polar surface area (TPSA) is 87.5 Å². The highest BCUT2D eigenvalue weighted by Crippen LogP contribution is 2.50. The Hall–Kier alpha value is -4.59. The van der Waals surface area contributed by atoms with E-state index in [1.165, 1.54) is 7.11 Å². The molecule has 180 valence electrons. The number of nitrogens with one attached hydrogen (secondary N) is 1. The van der Waals surface area contributed by atoms with Crippen molar-refractivity contribution in [3.8, 4) is 11.5 Å². The van der Waals surface area contributed by atoms with Crippen molar-refractivity contribution >= 4 is 17.6 Å². The number of nitrogens with zero attached hydrogens (tertiary/aromatic N) is 3. The Morgan fingerprint density at radius 2 is 1.75 bits per heavy atom. The number of fused-ring (bicyclic) bond motifs is 3. The number of carbonyl (C=O) groups is 1. The Morgan fingerprint density at radius 3 is 2.47 bits per heavy atom. The van der Waals surface area contributed by atoms with Gasteiger partial charge in [-0.05, 0) is 54.4 Å². The molecule has 2 aliphatic rings. The van der Waals surface area contributed by atoms with E-state index in [-0.39, 0.29) is 12.0 Å². The molecule has 0 spiro atoms. The van der Waals surface area contributed by atoms with Crippen molar-refractivity contribution in [2.45, 2.75) is 19.1 Å². The Labute approximate surface area is 208 Å². The minimum Gasteiger partial charge on any atom is -0.497 e. The number of rotatable bonds is 4. The molecular weight excluding hydrogens is 456 g/mol. The van der Waals surface area contributed by atoms with Crippen LogP contribution in [-0.4, -0.2) is 35.0 Å². The first-order valence-corrected chi connectivity index (χ1v) is 11.6. The summed E-state index contributed by atoms with van der Waals surface area (Å²) in [5, 5.41) is 8.07. The molecule has 2 aliphatic heterocycles. The number of anilines is 1. The third kappa shape index (κ3) is 3.50. The monoisotopic (exact) mass is 480 g/mol. The van der Waals surface area contributed by atoms with E-state index in [1.807, 2.05) is 53.2 Å². The molecule has 3 aromatic carbocycles. The lowest BCUT2D eigenvalue weighted by Crippen LogP contribution is -2.32. The molecule has 8 heteroatoms. The zero-order valence-corrected chi connectivity index (χ0v) is 20.1. The number of methoxy groups -OCH3 is 2. The zero-order chi connectivity index (χ0) is 24.8. The number of hydrogen-bond donors (Lipinski definition) is 1. The molecule has 0 aliphatic carbocycles. The highest BCUT2D eigenvalue weighted by Gasteiger charge is 2.41. The Bertz CT molecular complexity index is 1490. The van der Waals surface area contributed by atoms with Crippen LogP contribution in [0.25, 0.3) is 5.70 Å². The summed E-state index contributed by atoms with van der Waals surface area (Å²) >= 11 is 0. The van der Waals surface area contributed by atoms with Crippen molar-refractivity contribution < 1.29 is 19.0 Å². The number of aromatic nitrogens is 3. The highest BCUT2D eigenvalue weighted by atomic mass is 16.5. The molecule has 8 nitrogen and oxygen atoms in total. The lowest BCUT2D eigenvalue weighted by molar-refractivity contribution is 0.0600. The SMILES string of the molecule is COC(=O)c1ccc([C@@H]2Oc3ccc(C)cc3C3=C2[C@@H](c2ccc(OC)cc2)n2ncnc2N3)cc1. The van der Waals surface area contributed by atoms with Crippen LogP contribution in [0.15, 0.2) is 78.6 Å². The van der Waals surface area contributed by atoms with Crippen molar-refractivity contribution in [2.75, 3.05) is 19.5 Å². The normalized spacial score (nSPS) is 17.8. The van der Waals surface area contributed by atoms with E-state index in [4.69, 9.17) is 14.2 Å². The summed E-state index contributed by atoms with van der Waals surface area (Å²) in [4.78, 5) is 16.5. The first kappa shape index (κ1) is 21.9. The number of carbonyl (C=O) groups excluding carboxylic acids is 1. The highest BCUT2D eigenvalue weighted by molar-refractivity contribution is 5.89. The molecule has 6 rings (SSSR count). The Kier molecular flexibility index (Phi) is 5.21. The van der Waals surface area contributed by atoms with Gasteiger partial charge in [-0.15, -0.1) is 0 Å². The first-order chi connectivity index (χ1) is 17.6. The van der Waals surface area contributed by atoms with Crippen molar-refractivity contribution in [1.82, 2.24) is 14.8 Å². The van der Waals surface area contributed by atoms with Crippen molar-refractivity contribution in [3.05, 3.63) is 106 Å². The number of benzene rings is 3. The summed E-state index contributed by atoms with van der Waals surface area (Å²) in [6, 6.07) is 21.2. The maximum Gasteiger partial charge on any atom is 0.337 e. The summed E-state index contributed by atoms with van der Waals surface area (Å²) in [5.74, 6) is 1.82. The van der Waals surface area contributed by atoms with Crippen LogP contribution in [0.5, 0.6) is 11.5 Å². The second kappa shape index (κ2) is 8.57. The van der Waals surface area contributed by atoms with Crippen LogP contribution in [0.3, 0.4) is 0 Å². The van der Waals surface area contributed by atoms with E-state index in [1.54, 1.807) is 25.6 Å². The van der Waals surface area contributed by atoms with Crippen LogP contribution in [0.1, 0.15) is 44.8 Å². The average molecular weight is 481 g/mol. The van der Waals surface area contributed by atoms with Crippen LogP contribution >= 0.6 is 0 Å². The van der Waals surface area contributed by atoms with Crippen molar-refractivity contribution in [1.29, 1.82) is 0 Å². The molecule has 0 fully saturated rings. The van der Waals surface area contributed by atoms with Gasteiger partial charge in [0.1, 0.15) is 30.0 Å². The third-order valence-electron chi connectivity index (χ3n) is 6.64.